The minimum Gasteiger partial charge on any atom is -0.504 e. The number of nitrogens with zero attached hydrogens (tertiary/aromatic N) is 2. The molecule has 0 bridgehead atoms. The molecule has 1 aliphatic rings. The maximum Gasteiger partial charge on any atom is 0.273 e. The van der Waals surface area contributed by atoms with Crippen molar-refractivity contribution in [3.63, 3.8) is 0 Å². The number of hydrogen-bond acceptors (Lipinski definition) is 4. The Hall–Kier alpha value is -4.13. The Balaban J connectivity index is 1.65. The summed E-state index contributed by atoms with van der Waals surface area (Å²) >= 11 is 0. The van der Waals surface area contributed by atoms with Gasteiger partial charge in [-0.2, -0.15) is 5.10 Å². The highest BCUT2D eigenvalue weighted by Gasteiger charge is 2.42. The first kappa shape index (κ1) is 21.7. The molecule has 0 saturated heterocycles. The zero-order valence-corrected chi connectivity index (χ0v) is 18.9. The highest BCUT2D eigenvalue weighted by Crippen LogP contribution is 2.45. The monoisotopic (exact) mass is 457 g/mol. The summed E-state index contributed by atoms with van der Waals surface area (Å²) in [4.78, 5) is 15.3. The number of phenols is 1. The van der Waals surface area contributed by atoms with E-state index in [0.717, 1.165) is 27.8 Å². The van der Waals surface area contributed by atoms with Crippen LogP contribution in [-0.2, 0) is 6.54 Å². The van der Waals surface area contributed by atoms with Crippen molar-refractivity contribution in [3.05, 3.63) is 100 Å². The van der Waals surface area contributed by atoms with Crippen LogP contribution >= 0.6 is 0 Å². The molecule has 34 heavy (non-hydrogen) atoms. The highest BCUT2D eigenvalue weighted by molar-refractivity contribution is 6.00. The van der Waals surface area contributed by atoms with Crippen LogP contribution in [0.5, 0.6) is 11.5 Å². The first-order valence-corrected chi connectivity index (χ1v) is 11.1. The van der Waals surface area contributed by atoms with Crippen molar-refractivity contribution in [2.75, 3.05) is 6.61 Å². The largest absolute Gasteiger partial charge is 0.504 e. The van der Waals surface area contributed by atoms with Crippen LogP contribution in [0.15, 0.2) is 66.7 Å². The van der Waals surface area contributed by atoms with Crippen LogP contribution < -0.4 is 4.74 Å². The van der Waals surface area contributed by atoms with Crippen molar-refractivity contribution < 1.29 is 19.0 Å². The number of nitrogens with one attached hydrogen (secondary N) is 1. The van der Waals surface area contributed by atoms with Gasteiger partial charge in [0.15, 0.2) is 11.5 Å². The number of hydrogen-bond donors (Lipinski definition) is 2. The number of aromatic hydroxyl groups is 1. The molecular formula is C27H24FN3O3. The molecule has 5 rings (SSSR count). The summed E-state index contributed by atoms with van der Waals surface area (Å²) in [6.45, 7) is 4.53. The summed E-state index contributed by atoms with van der Waals surface area (Å²) in [6.07, 6.45) is 0. The molecule has 7 heteroatoms. The van der Waals surface area contributed by atoms with E-state index in [0.29, 0.717) is 23.7 Å². The fourth-order valence-electron chi connectivity index (χ4n) is 4.40. The number of fused-ring (bicyclic) bond motifs is 1. The Morgan fingerprint density at radius 1 is 1.09 bits per heavy atom. The number of amides is 1. The third kappa shape index (κ3) is 3.79. The van der Waals surface area contributed by atoms with E-state index in [1.165, 1.54) is 12.1 Å². The van der Waals surface area contributed by atoms with Gasteiger partial charge in [0.2, 0.25) is 0 Å². The minimum atomic E-state index is -0.470. The summed E-state index contributed by atoms with van der Waals surface area (Å²) in [7, 11) is 0. The summed E-state index contributed by atoms with van der Waals surface area (Å²) in [5.74, 6) is -0.139. The minimum absolute atomic E-state index is 0.0335. The highest BCUT2D eigenvalue weighted by atomic mass is 19.1. The number of H-pyrrole nitrogens is 1. The SMILES string of the molecule is CCOc1cc(C2c3c(-c4ccc(C)cc4)n[nH]c3C(=O)N2Cc2ccc(F)cc2)ccc1O. The van der Waals surface area contributed by atoms with Gasteiger partial charge in [-0.05, 0) is 49.2 Å². The van der Waals surface area contributed by atoms with Crippen LogP contribution in [0, 0.1) is 12.7 Å². The number of aromatic nitrogens is 2. The normalized spacial score (nSPS) is 15.0. The summed E-state index contributed by atoms with van der Waals surface area (Å²) < 4.78 is 19.1. The molecular weight excluding hydrogens is 433 g/mol. The Morgan fingerprint density at radius 2 is 1.82 bits per heavy atom. The van der Waals surface area contributed by atoms with Crippen molar-refractivity contribution in [1.29, 1.82) is 0 Å². The second kappa shape index (κ2) is 8.67. The number of halogens is 1. The van der Waals surface area contributed by atoms with E-state index in [9.17, 15) is 14.3 Å². The van der Waals surface area contributed by atoms with Gasteiger partial charge in [0, 0.05) is 17.7 Å². The first-order valence-electron chi connectivity index (χ1n) is 11.1. The Labute approximate surface area is 196 Å². The smallest absolute Gasteiger partial charge is 0.273 e. The first-order chi connectivity index (χ1) is 16.5. The molecule has 1 aromatic heterocycles. The van der Waals surface area contributed by atoms with Crippen LogP contribution in [0.2, 0.25) is 0 Å². The van der Waals surface area contributed by atoms with Gasteiger partial charge in [0.05, 0.1) is 18.3 Å². The number of carbonyl (C=O) groups excluding carboxylic acids is 1. The lowest BCUT2D eigenvalue weighted by Gasteiger charge is -2.27. The molecule has 0 saturated carbocycles. The topological polar surface area (TPSA) is 78.5 Å². The molecule has 0 aliphatic carbocycles. The van der Waals surface area contributed by atoms with Gasteiger partial charge in [0.1, 0.15) is 11.5 Å². The molecule has 4 aromatic rings. The van der Waals surface area contributed by atoms with E-state index < -0.39 is 6.04 Å². The van der Waals surface area contributed by atoms with Crippen molar-refractivity contribution in [3.8, 4) is 22.8 Å². The quantitative estimate of drug-likeness (QED) is 0.408. The van der Waals surface area contributed by atoms with Gasteiger partial charge < -0.3 is 14.7 Å². The number of ether oxygens (including phenoxy) is 1. The molecule has 1 amide bonds. The maximum atomic E-state index is 13.5. The number of benzene rings is 3. The summed E-state index contributed by atoms with van der Waals surface area (Å²) in [6, 6.07) is 18.8. The average molecular weight is 458 g/mol. The van der Waals surface area contributed by atoms with E-state index in [1.54, 1.807) is 35.2 Å². The number of rotatable bonds is 6. The standard InChI is InChI=1S/C27H24FN3O3/c1-3-34-22-14-19(10-13-21(22)32)26-23-24(18-8-4-16(2)5-9-18)29-30-25(23)27(33)31(26)15-17-6-11-20(28)12-7-17/h4-14,26,32H,3,15H2,1-2H3,(H,29,30). The fraction of sp³-hybridized carbons (Fsp3) is 0.185. The van der Waals surface area contributed by atoms with Gasteiger partial charge >= 0.3 is 0 Å². The van der Waals surface area contributed by atoms with Gasteiger partial charge in [0.25, 0.3) is 5.91 Å². The lowest BCUT2D eigenvalue weighted by atomic mass is 9.95. The molecule has 0 spiro atoms. The number of phenolic OH excluding ortho intramolecular Hbond substituents is 1. The van der Waals surface area contributed by atoms with Gasteiger partial charge in [-0.15, -0.1) is 0 Å². The van der Waals surface area contributed by atoms with Crippen LogP contribution in [0.4, 0.5) is 4.39 Å². The van der Waals surface area contributed by atoms with E-state index in [2.05, 4.69) is 10.2 Å². The van der Waals surface area contributed by atoms with Crippen LogP contribution in [0.25, 0.3) is 11.3 Å². The lowest BCUT2D eigenvalue weighted by molar-refractivity contribution is 0.0730. The predicted octanol–water partition coefficient (Wildman–Crippen LogP) is 5.37. The molecule has 2 N–H and O–H groups in total. The molecule has 172 valence electrons. The molecule has 1 aliphatic heterocycles. The summed E-state index contributed by atoms with van der Waals surface area (Å²) in [5, 5.41) is 17.7. The van der Waals surface area contributed by atoms with Gasteiger partial charge in [-0.3, -0.25) is 9.89 Å². The fourth-order valence-corrected chi connectivity index (χ4v) is 4.40. The molecule has 1 unspecified atom stereocenters. The van der Waals surface area contributed by atoms with Crippen LogP contribution in [0.3, 0.4) is 0 Å². The van der Waals surface area contributed by atoms with E-state index >= 15 is 0 Å². The molecule has 1 atom stereocenters. The maximum absolute atomic E-state index is 13.5. The summed E-state index contributed by atoms with van der Waals surface area (Å²) in [5.41, 5.74) is 5.50. The van der Waals surface area contributed by atoms with E-state index in [1.807, 2.05) is 38.1 Å². The second-order valence-corrected chi connectivity index (χ2v) is 8.35. The van der Waals surface area contributed by atoms with Crippen LogP contribution in [-0.4, -0.2) is 32.7 Å². The van der Waals surface area contributed by atoms with E-state index in [-0.39, 0.29) is 24.0 Å². The van der Waals surface area contributed by atoms with E-state index in [4.69, 9.17) is 4.74 Å². The van der Waals surface area contributed by atoms with Gasteiger partial charge in [-0.1, -0.05) is 48.0 Å². The van der Waals surface area contributed by atoms with Crippen molar-refractivity contribution in [1.82, 2.24) is 15.1 Å². The number of carbonyl (C=O) groups is 1. The van der Waals surface area contributed by atoms with Crippen molar-refractivity contribution in [2.45, 2.75) is 26.4 Å². The molecule has 3 aromatic carbocycles. The Morgan fingerprint density at radius 3 is 2.53 bits per heavy atom. The Bertz CT molecular complexity index is 1350. The molecule has 0 radical (unpaired) electrons. The predicted molar refractivity (Wildman–Crippen MR) is 126 cm³/mol. The average Bonchev–Trinajstić information content (AvgIpc) is 3.37. The number of aryl methyl sites for hydroxylation is 1. The Kier molecular flexibility index (Phi) is 5.53. The third-order valence-corrected chi connectivity index (χ3v) is 6.05. The molecule has 2 heterocycles. The zero-order chi connectivity index (χ0) is 23.8. The molecule has 0 fully saturated rings. The van der Waals surface area contributed by atoms with Crippen molar-refractivity contribution >= 4 is 5.91 Å². The zero-order valence-electron chi connectivity index (χ0n) is 18.9. The molecule has 6 nitrogen and oxygen atoms in total. The van der Waals surface area contributed by atoms with Crippen LogP contribution in [0.1, 0.15) is 45.7 Å². The van der Waals surface area contributed by atoms with Crippen molar-refractivity contribution in [2.24, 2.45) is 0 Å². The third-order valence-electron chi connectivity index (χ3n) is 6.05. The lowest BCUT2D eigenvalue weighted by Crippen LogP contribution is -2.29. The second-order valence-electron chi connectivity index (χ2n) is 8.35. The van der Waals surface area contributed by atoms with Gasteiger partial charge in [-0.25, -0.2) is 4.39 Å². The number of aromatic amines is 1.